The van der Waals surface area contributed by atoms with Gasteiger partial charge in [-0.05, 0) is 61.2 Å². The molecule has 220 valence electrons. The number of aliphatic carboxylic acids is 1. The number of aromatic nitrogens is 3. The standard InChI is InChI=1S/C33H36F2N4O3/c1-22-6-9-24(36-19-22)21-42-26-12-13-29-30(18-26)39(31(37-29)27-4-2-3-5-28(27)32(40)41)20-23-7-10-25(11-8-23)38-16-14-33(34,35)15-17-38/h6-13,18-19,27-28H,2-5,14-17,20-21H2,1H3,(H,40,41)/t27?,28-/m0/s1. The number of piperidine rings is 1. The van der Waals surface area contributed by atoms with Crippen LogP contribution in [0.1, 0.15) is 67.1 Å². The first-order valence-corrected chi connectivity index (χ1v) is 14.7. The zero-order valence-electron chi connectivity index (χ0n) is 23.8. The number of carboxylic acids is 1. The molecule has 1 saturated carbocycles. The number of aryl methyl sites for hydroxylation is 1. The molecule has 2 atom stereocenters. The van der Waals surface area contributed by atoms with Crippen LogP contribution >= 0.6 is 0 Å². The first kappa shape index (κ1) is 28.1. The van der Waals surface area contributed by atoms with E-state index >= 15 is 0 Å². The molecule has 0 bridgehead atoms. The number of rotatable bonds is 8. The van der Waals surface area contributed by atoms with Gasteiger partial charge in [-0.1, -0.05) is 31.0 Å². The number of ether oxygens (including phenoxy) is 1. The van der Waals surface area contributed by atoms with E-state index in [-0.39, 0.29) is 18.8 Å². The predicted octanol–water partition coefficient (Wildman–Crippen LogP) is 6.96. The van der Waals surface area contributed by atoms with E-state index in [9.17, 15) is 18.7 Å². The van der Waals surface area contributed by atoms with E-state index in [0.717, 1.165) is 58.6 Å². The SMILES string of the molecule is Cc1ccc(COc2ccc3nc(C4CCCC[C@@H]4C(=O)O)n(Cc4ccc(N5CCC(F)(F)CC5)cc4)c3c2)nc1. The molecular formula is C33H36F2N4O3. The van der Waals surface area contributed by atoms with Gasteiger partial charge in [0.2, 0.25) is 0 Å². The van der Waals surface area contributed by atoms with Crippen LogP contribution < -0.4 is 9.64 Å². The Morgan fingerprint density at radius 2 is 1.81 bits per heavy atom. The Morgan fingerprint density at radius 1 is 1.05 bits per heavy atom. The van der Waals surface area contributed by atoms with Gasteiger partial charge in [0.15, 0.2) is 0 Å². The lowest BCUT2D eigenvalue weighted by Crippen LogP contribution is -2.39. The smallest absolute Gasteiger partial charge is 0.307 e. The maximum atomic E-state index is 13.7. The normalized spacial score (nSPS) is 20.5. The van der Waals surface area contributed by atoms with Gasteiger partial charge in [-0.15, -0.1) is 0 Å². The summed E-state index contributed by atoms with van der Waals surface area (Å²) in [5.74, 6) is -2.53. The second-order valence-electron chi connectivity index (χ2n) is 11.7. The van der Waals surface area contributed by atoms with Gasteiger partial charge in [-0.3, -0.25) is 9.78 Å². The van der Waals surface area contributed by atoms with Gasteiger partial charge < -0.3 is 19.3 Å². The number of carboxylic acid groups (broad SMARTS) is 1. The van der Waals surface area contributed by atoms with Crippen molar-refractivity contribution in [3.63, 3.8) is 0 Å². The fraction of sp³-hybridized carbons (Fsp3) is 0.424. The minimum absolute atomic E-state index is 0.129. The summed E-state index contributed by atoms with van der Waals surface area (Å²) in [7, 11) is 0. The number of anilines is 1. The van der Waals surface area contributed by atoms with Crippen LogP contribution in [0.15, 0.2) is 60.8 Å². The van der Waals surface area contributed by atoms with Crippen LogP contribution in [0.4, 0.5) is 14.5 Å². The lowest BCUT2D eigenvalue weighted by molar-refractivity contribution is -0.143. The average Bonchev–Trinajstić information content (AvgIpc) is 3.34. The summed E-state index contributed by atoms with van der Waals surface area (Å²) in [6.07, 6.45) is 4.86. The summed E-state index contributed by atoms with van der Waals surface area (Å²) in [5.41, 5.74) is 5.56. The third-order valence-electron chi connectivity index (χ3n) is 8.66. The number of alkyl halides is 2. The fourth-order valence-corrected chi connectivity index (χ4v) is 6.22. The highest BCUT2D eigenvalue weighted by molar-refractivity contribution is 5.79. The quantitative estimate of drug-likeness (QED) is 0.245. The van der Waals surface area contributed by atoms with Crippen LogP contribution in [0, 0.1) is 12.8 Å². The molecule has 6 rings (SSSR count). The first-order chi connectivity index (χ1) is 20.3. The van der Waals surface area contributed by atoms with E-state index in [2.05, 4.69) is 9.55 Å². The number of nitrogens with zero attached hydrogens (tertiary/aromatic N) is 4. The zero-order chi connectivity index (χ0) is 29.3. The Morgan fingerprint density at radius 3 is 2.52 bits per heavy atom. The van der Waals surface area contributed by atoms with Gasteiger partial charge in [0.1, 0.15) is 18.2 Å². The van der Waals surface area contributed by atoms with E-state index < -0.39 is 17.8 Å². The second kappa shape index (κ2) is 11.7. The molecule has 9 heteroatoms. The summed E-state index contributed by atoms with van der Waals surface area (Å²) in [4.78, 5) is 23.7. The van der Waals surface area contributed by atoms with Crippen LogP contribution in [0.5, 0.6) is 5.75 Å². The van der Waals surface area contributed by atoms with E-state index in [1.807, 2.05) is 72.6 Å². The molecule has 1 N–H and O–H groups in total. The summed E-state index contributed by atoms with van der Waals surface area (Å²) in [6, 6.07) is 17.8. The van der Waals surface area contributed by atoms with E-state index in [1.165, 1.54) is 0 Å². The highest BCUT2D eigenvalue weighted by atomic mass is 19.3. The highest BCUT2D eigenvalue weighted by Gasteiger charge is 2.36. The first-order valence-electron chi connectivity index (χ1n) is 14.7. The predicted molar refractivity (Wildman–Crippen MR) is 157 cm³/mol. The third kappa shape index (κ3) is 6.10. The zero-order valence-corrected chi connectivity index (χ0v) is 23.8. The molecule has 2 aromatic heterocycles. The molecule has 0 spiro atoms. The van der Waals surface area contributed by atoms with Crippen LogP contribution in [0.2, 0.25) is 0 Å². The second-order valence-corrected chi connectivity index (χ2v) is 11.7. The Bertz CT molecular complexity index is 1540. The summed E-state index contributed by atoms with van der Waals surface area (Å²) in [6.45, 7) is 3.51. The number of hydrogen-bond donors (Lipinski definition) is 1. The Hall–Kier alpha value is -4.01. The van der Waals surface area contributed by atoms with Crippen molar-refractivity contribution in [2.45, 2.75) is 70.4 Å². The molecule has 4 aromatic rings. The summed E-state index contributed by atoms with van der Waals surface area (Å²) >= 11 is 0. The molecule has 2 aliphatic rings. The molecule has 7 nitrogen and oxygen atoms in total. The molecule has 1 aliphatic heterocycles. The van der Waals surface area contributed by atoms with Gasteiger partial charge in [0.05, 0.1) is 22.6 Å². The van der Waals surface area contributed by atoms with Crippen molar-refractivity contribution in [2.75, 3.05) is 18.0 Å². The topological polar surface area (TPSA) is 80.5 Å². The van der Waals surface area contributed by atoms with Gasteiger partial charge in [0.25, 0.3) is 5.92 Å². The Balaban J connectivity index is 1.30. The lowest BCUT2D eigenvalue weighted by atomic mass is 9.78. The third-order valence-corrected chi connectivity index (χ3v) is 8.66. The van der Waals surface area contributed by atoms with Crippen molar-refractivity contribution in [2.24, 2.45) is 5.92 Å². The van der Waals surface area contributed by atoms with Gasteiger partial charge in [-0.25, -0.2) is 13.8 Å². The molecule has 2 aromatic carbocycles. The fourth-order valence-electron chi connectivity index (χ4n) is 6.22. The molecule has 0 amide bonds. The Labute approximate surface area is 244 Å². The van der Waals surface area contributed by atoms with Crippen LogP contribution in [0.3, 0.4) is 0 Å². The van der Waals surface area contributed by atoms with Gasteiger partial charge in [-0.2, -0.15) is 0 Å². The summed E-state index contributed by atoms with van der Waals surface area (Å²) < 4.78 is 35.6. The van der Waals surface area contributed by atoms with Crippen molar-refractivity contribution in [3.05, 3.63) is 83.4 Å². The van der Waals surface area contributed by atoms with Crippen molar-refractivity contribution in [3.8, 4) is 5.75 Å². The van der Waals surface area contributed by atoms with Crippen molar-refractivity contribution in [1.29, 1.82) is 0 Å². The molecule has 1 saturated heterocycles. The molecule has 0 radical (unpaired) electrons. The number of pyridine rings is 1. The number of imidazole rings is 1. The van der Waals surface area contributed by atoms with Gasteiger partial charge in [0, 0.05) is 56.3 Å². The maximum absolute atomic E-state index is 13.7. The number of carbonyl (C=O) groups is 1. The van der Waals surface area contributed by atoms with Gasteiger partial charge >= 0.3 is 5.97 Å². The molecule has 1 aliphatic carbocycles. The molecule has 3 heterocycles. The maximum Gasteiger partial charge on any atom is 0.307 e. The molecule has 42 heavy (non-hydrogen) atoms. The number of fused-ring (bicyclic) bond motifs is 1. The number of benzene rings is 2. The Kier molecular flexibility index (Phi) is 7.84. The lowest BCUT2D eigenvalue weighted by Gasteiger charge is -2.33. The van der Waals surface area contributed by atoms with Crippen molar-refractivity contribution >= 4 is 22.7 Å². The van der Waals surface area contributed by atoms with Crippen molar-refractivity contribution in [1.82, 2.24) is 14.5 Å². The van der Waals surface area contributed by atoms with Crippen LogP contribution in [-0.2, 0) is 17.9 Å². The highest BCUT2D eigenvalue weighted by Crippen LogP contribution is 2.40. The molecule has 2 fully saturated rings. The molecule has 1 unspecified atom stereocenters. The number of hydrogen-bond acceptors (Lipinski definition) is 5. The minimum Gasteiger partial charge on any atom is -0.487 e. The largest absolute Gasteiger partial charge is 0.487 e. The molecular weight excluding hydrogens is 538 g/mol. The van der Waals surface area contributed by atoms with E-state index in [1.54, 1.807) is 0 Å². The van der Waals surface area contributed by atoms with Crippen molar-refractivity contribution < 1.29 is 23.4 Å². The number of halogens is 2. The summed E-state index contributed by atoms with van der Waals surface area (Å²) in [5, 5.41) is 10.0. The van der Waals surface area contributed by atoms with E-state index in [4.69, 9.17) is 9.72 Å². The van der Waals surface area contributed by atoms with Crippen LogP contribution in [0.25, 0.3) is 11.0 Å². The minimum atomic E-state index is -2.58. The van der Waals surface area contributed by atoms with E-state index in [0.29, 0.717) is 38.4 Å². The average molecular weight is 575 g/mol. The monoisotopic (exact) mass is 574 g/mol. The van der Waals surface area contributed by atoms with Crippen LogP contribution in [-0.4, -0.2) is 44.6 Å².